The molecule has 17 heavy (non-hydrogen) atoms. The summed E-state index contributed by atoms with van der Waals surface area (Å²) in [7, 11) is 0. The second kappa shape index (κ2) is 5.80. The SMILES string of the molecule is O=C(OCc1ccccc1)C1CCC(O)CO1. The predicted octanol–water partition coefficient (Wildman–Crippen LogP) is 1.27. The van der Waals surface area contributed by atoms with E-state index in [0.29, 0.717) is 12.8 Å². The Hall–Kier alpha value is -1.39. The van der Waals surface area contributed by atoms with Gasteiger partial charge in [-0.1, -0.05) is 30.3 Å². The number of aliphatic hydroxyl groups is 1. The van der Waals surface area contributed by atoms with Crippen LogP contribution in [-0.4, -0.2) is 29.9 Å². The van der Waals surface area contributed by atoms with Gasteiger partial charge in [-0.2, -0.15) is 0 Å². The molecule has 4 heteroatoms. The first-order valence-corrected chi connectivity index (χ1v) is 5.76. The highest BCUT2D eigenvalue weighted by Crippen LogP contribution is 2.15. The van der Waals surface area contributed by atoms with Crippen LogP contribution >= 0.6 is 0 Å². The van der Waals surface area contributed by atoms with E-state index in [-0.39, 0.29) is 19.2 Å². The van der Waals surface area contributed by atoms with Gasteiger partial charge >= 0.3 is 5.97 Å². The van der Waals surface area contributed by atoms with Gasteiger partial charge in [-0.15, -0.1) is 0 Å². The maximum atomic E-state index is 11.6. The molecular formula is C13H16O4. The molecule has 0 aromatic heterocycles. The predicted molar refractivity (Wildman–Crippen MR) is 61.2 cm³/mol. The summed E-state index contributed by atoms with van der Waals surface area (Å²) in [5, 5.41) is 9.24. The molecule has 1 fully saturated rings. The number of hydrogen-bond donors (Lipinski definition) is 1. The quantitative estimate of drug-likeness (QED) is 0.803. The van der Waals surface area contributed by atoms with Gasteiger partial charge in [0.15, 0.2) is 6.10 Å². The van der Waals surface area contributed by atoms with Gasteiger partial charge < -0.3 is 14.6 Å². The van der Waals surface area contributed by atoms with Crippen molar-refractivity contribution < 1.29 is 19.4 Å². The third kappa shape index (κ3) is 3.54. The molecule has 0 amide bonds. The molecule has 2 unspecified atom stereocenters. The molecule has 4 nitrogen and oxygen atoms in total. The van der Waals surface area contributed by atoms with E-state index < -0.39 is 12.2 Å². The molecule has 0 saturated carbocycles. The lowest BCUT2D eigenvalue weighted by Crippen LogP contribution is -2.35. The molecule has 0 radical (unpaired) electrons. The van der Waals surface area contributed by atoms with Crippen molar-refractivity contribution in [3.05, 3.63) is 35.9 Å². The van der Waals surface area contributed by atoms with Crippen LogP contribution in [0.4, 0.5) is 0 Å². The Balaban J connectivity index is 1.78. The molecule has 92 valence electrons. The molecule has 0 aliphatic carbocycles. The fourth-order valence-corrected chi connectivity index (χ4v) is 1.75. The molecule has 0 spiro atoms. The first-order valence-electron chi connectivity index (χ1n) is 5.76. The summed E-state index contributed by atoms with van der Waals surface area (Å²) in [6.45, 7) is 0.479. The second-order valence-corrected chi connectivity index (χ2v) is 4.15. The van der Waals surface area contributed by atoms with Crippen LogP contribution in [0.1, 0.15) is 18.4 Å². The summed E-state index contributed by atoms with van der Waals surface area (Å²) in [5.41, 5.74) is 0.955. The maximum absolute atomic E-state index is 11.6. The van der Waals surface area contributed by atoms with E-state index in [1.807, 2.05) is 30.3 Å². The average Bonchev–Trinajstić information content (AvgIpc) is 2.38. The lowest BCUT2D eigenvalue weighted by Gasteiger charge is -2.24. The largest absolute Gasteiger partial charge is 0.459 e. The number of carbonyl (C=O) groups is 1. The minimum atomic E-state index is -0.526. The van der Waals surface area contributed by atoms with Crippen molar-refractivity contribution >= 4 is 5.97 Å². The lowest BCUT2D eigenvalue weighted by atomic mass is 10.1. The molecule has 1 aromatic rings. The van der Waals surface area contributed by atoms with Crippen molar-refractivity contribution in [2.75, 3.05) is 6.61 Å². The van der Waals surface area contributed by atoms with E-state index in [1.165, 1.54) is 0 Å². The van der Waals surface area contributed by atoms with E-state index in [2.05, 4.69) is 0 Å². The van der Waals surface area contributed by atoms with Crippen LogP contribution in [-0.2, 0) is 20.9 Å². The summed E-state index contributed by atoms with van der Waals surface area (Å²) in [4.78, 5) is 11.6. The Bertz CT molecular complexity index is 355. The smallest absolute Gasteiger partial charge is 0.335 e. The van der Waals surface area contributed by atoms with Crippen LogP contribution in [0.5, 0.6) is 0 Å². The third-order valence-corrected chi connectivity index (χ3v) is 2.74. The van der Waals surface area contributed by atoms with E-state index in [0.717, 1.165) is 5.56 Å². The van der Waals surface area contributed by atoms with Crippen molar-refractivity contribution in [3.8, 4) is 0 Å². The number of esters is 1. The van der Waals surface area contributed by atoms with Crippen molar-refractivity contribution in [3.63, 3.8) is 0 Å². The lowest BCUT2D eigenvalue weighted by molar-refractivity contribution is -0.165. The standard InChI is InChI=1S/C13H16O4/c14-11-6-7-12(16-9-11)13(15)17-8-10-4-2-1-3-5-10/h1-5,11-12,14H,6-9H2. The van der Waals surface area contributed by atoms with Gasteiger partial charge in [0.2, 0.25) is 0 Å². The van der Waals surface area contributed by atoms with Crippen LogP contribution in [0.15, 0.2) is 30.3 Å². The van der Waals surface area contributed by atoms with E-state index >= 15 is 0 Å². The Kier molecular flexibility index (Phi) is 4.12. The number of aliphatic hydroxyl groups excluding tert-OH is 1. The van der Waals surface area contributed by atoms with E-state index in [4.69, 9.17) is 9.47 Å². The number of hydrogen-bond acceptors (Lipinski definition) is 4. The molecule has 1 aliphatic heterocycles. The Morgan fingerprint density at radius 3 is 2.76 bits per heavy atom. The highest BCUT2D eigenvalue weighted by molar-refractivity contribution is 5.74. The first kappa shape index (κ1) is 12.1. The minimum absolute atomic E-state index is 0.213. The molecule has 1 aliphatic rings. The zero-order valence-electron chi connectivity index (χ0n) is 9.54. The molecule has 1 N–H and O–H groups in total. The van der Waals surface area contributed by atoms with Gasteiger partial charge in [-0.25, -0.2) is 4.79 Å². The zero-order chi connectivity index (χ0) is 12.1. The average molecular weight is 236 g/mol. The number of rotatable bonds is 3. The van der Waals surface area contributed by atoms with Gasteiger partial charge in [0.05, 0.1) is 12.7 Å². The Labute approximate surface area is 100 Å². The van der Waals surface area contributed by atoms with Gasteiger partial charge in [0, 0.05) is 0 Å². The molecule has 2 rings (SSSR count). The topological polar surface area (TPSA) is 55.8 Å². The molecular weight excluding hydrogens is 220 g/mol. The highest BCUT2D eigenvalue weighted by Gasteiger charge is 2.27. The van der Waals surface area contributed by atoms with Crippen molar-refractivity contribution in [2.24, 2.45) is 0 Å². The van der Waals surface area contributed by atoms with Crippen LogP contribution < -0.4 is 0 Å². The van der Waals surface area contributed by atoms with Crippen molar-refractivity contribution in [1.29, 1.82) is 0 Å². The van der Waals surface area contributed by atoms with E-state index in [1.54, 1.807) is 0 Å². The Morgan fingerprint density at radius 1 is 1.35 bits per heavy atom. The van der Waals surface area contributed by atoms with Gasteiger partial charge in [0.25, 0.3) is 0 Å². The van der Waals surface area contributed by atoms with Crippen LogP contribution in [0.2, 0.25) is 0 Å². The van der Waals surface area contributed by atoms with Crippen LogP contribution in [0.25, 0.3) is 0 Å². The van der Waals surface area contributed by atoms with Gasteiger partial charge in [-0.3, -0.25) is 0 Å². The summed E-state index contributed by atoms with van der Waals surface area (Å²) >= 11 is 0. The number of carbonyl (C=O) groups excluding carboxylic acids is 1. The number of benzene rings is 1. The van der Waals surface area contributed by atoms with Crippen LogP contribution in [0.3, 0.4) is 0 Å². The maximum Gasteiger partial charge on any atom is 0.335 e. The molecule has 1 aromatic carbocycles. The van der Waals surface area contributed by atoms with Crippen molar-refractivity contribution in [2.45, 2.75) is 31.7 Å². The summed E-state index contributed by atoms with van der Waals surface area (Å²) < 4.78 is 10.4. The highest BCUT2D eigenvalue weighted by atomic mass is 16.6. The molecule has 0 bridgehead atoms. The molecule has 2 atom stereocenters. The fraction of sp³-hybridized carbons (Fsp3) is 0.462. The van der Waals surface area contributed by atoms with Gasteiger partial charge in [-0.05, 0) is 18.4 Å². The monoisotopic (exact) mass is 236 g/mol. The van der Waals surface area contributed by atoms with Crippen LogP contribution in [0, 0.1) is 0 Å². The second-order valence-electron chi connectivity index (χ2n) is 4.15. The van der Waals surface area contributed by atoms with Gasteiger partial charge in [0.1, 0.15) is 6.61 Å². The summed E-state index contributed by atoms with van der Waals surface area (Å²) in [6, 6.07) is 9.52. The summed E-state index contributed by atoms with van der Waals surface area (Å²) in [6.07, 6.45) is 0.134. The fourth-order valence-electron chi connectivity index (χ4n) is 1.75. The Morgan fingerprint density at radius 2 is 2.12 bits per heavy atom. The first-order chi connectivity index (χ1) is 8.25. The van der Waals surface area contributed by atoms with Crippen molar-refractivity contribution in [1.82, 2.24) is 0 Å². The van der Waals surface area contributed by atoms with E-state index in [9.17, 15) is 9.90 Å². The third-order valence-electron chi connectivity index (χ3n) is 2.74. The normalized spacial score (nSPS) is 24.3. The molecule has 1 heterocycles. The minimum Gasteiger partial charge on any atom is -0.459 e. The molecule has 1 saturated heterocycles. The zero-order valence-corrected chi connectivity index (χ0v) is 9.54. The number of ether oxygens (including phenoxy) is 2. The summed E-state index contributed by atoms with van der Waals surface area (Å²) in [5.74, 6) is -0.347.